The van der Waals surface area contributed by atoms with Crippen molar-refractivity contribution in [2.75, 3.05) is 37.1 Å². The fourth-order valence-corrected chi connectivity index (χ4v) is 5.26. The third kappa shape index (κ3) is 12.4. The van der Waals surface area contributed by atoms with E-state index < -0.39 is 34.4 Å². The Kier molecular flexibility index (Phi) is 21.1. The van der Waals surface area contributed by atoms with Gasteiger partial charge in [0.05, 0.1) is 49.2 Å². The molecule has 61 heavy (non-hydrogen) atoms. The van der Waals surface area contributed by atoms with Gasteiger partial charge in [-0.1, -0.05) is 0 Å². The number of carbonyl (C=O) groups is 2. The zero-order chi connectivity index (χ0) is 40.5. The summed E-state index contributed by atoms with van der Waals surface area (Å²) in [5.41, 5.74) is 0.278. The number of nitrogens with one attached hydrogen (secondary N) is 6. The number of esters is 2. The van der Waals surface area contributed by atoms with E-state index in [0.29, 0.717) is 58.2 Å². The molecule has 6 aromatic rings. The zero-order valence-corrected chi connectivity index (χ0v) is 34.4. The molecule has 0 aliphatic heterocycles. The van der Waals surface area contributed by atoms with E-state index >= 15 is 0 Å². The highest BCUT2D eigenvalue weighted by Crippen LogP contribution is 2.33. The second-order valence-electron chi connectivity index (χ2n) is 11.5. The molecule has 332 valence electrons. The fraction of sp³-hybridized carbons (Fsp3) is 0.278. The number of anilines is 4. The minimum atomic E-state index is -0.645. The van der Waals surface area contributed by atoms with E-state index in [1.807, 2.05) is 13.8 Å². The van der Waals surface area contributed by atoms with E-state index in [-0.39, 0.29) is 81.4 Å². The first-order valence-corrected chi connectivity index (χ1v) is 17.3. The third-order valence-electron chi connectivity index (χ3n) is 7.75. The third-order valence-corrected chi connectivity index (χ3v) is 7.75. The summed E-state index contributed by atoms with van der Waals surface area (Å²) in [6, 6.07) is 3.39. The Hall–Kier alpha value is -7.25. The van der Waals surface area contributed by atoms with Crippen LogP contribution in [0, 0.1) is 13.8 Å². The number of pyridine rings is 4. The first-order chi connectivity index (χ1) is 26.9. The van der Waals surface area contributed by atoms with Gasteiger partial charge in [-0.05, 0) is 53.7 Å². The number of carbonyl (C=O) groups excluding carboxylic acids is 2. The lowest BCUT2D eigenvalue weighted by Gasteiger charge is -2.15. The van der Waals surface area contributed by atoms with Crippen LogP contribution in [0.3, 0.4) is 0 Å². The molecule has 0 saturated heterocycles. The molecule has 0 saturated carbocycles. The van der Waals surface area contributed by atoms with Crippen LogP contribution < -0.4 is 42.6 Å². The number of aryl methyl sites for hydroxylation is 2. The Balaban J connectivity index is 0.00000109. The molecule has 6 aromatic heterocycles. The number of fused-ring (bicyclic) bond motifs is 2. The normalized spacial score (nSPS) is 9.80. The summed E-state index contributed by atoms with van der Waals surface area (Å²) < 4.78 is 21.4. The van der Waals surface area contributed by atoms with Gasteiger partial charge in [-0.15, -0.1) is 12.4 Å². The van der Waals surface area contributed by atoms with Crippen molar-refractivity contribution in [3.8, 4) is 11.5 Å². The average Bonchev–Trinajstić information content (AvgIpc) is 3.15. The molecule has 0 spiro atoms. The van der Waals surface area contributed by atoms with Crippen LogP contribution in [-0.4, -0.2) is 100 Å². The molecule has 0 radical (unpaired) electrons. The molecule has 0 aromatic carbocycles. The molecule has 6 rings (SSSR count). The Morgan fingerprint density at radius 2 is 0.967 bits per heavy atom. The summed E-state index contributed by atoms with van der Waals surface area (Å²) in [7, 11) is 0. The number of H-pyrrole nitrogens is 4. The number of aromatic nitrogens is 8. The van der Waals surface area contributed by atoms with Crippen LogP contribution in [0.5, 0.6) is 11.5 Å². The van der Waals surface area contributed by atoms with E-state index in [4.69, 9.17) is 18.9 Å². The summed E-state index contributed by atoms with van der Waals surface area (Å²) in [6.45, 7) is 11.8. The topological polar surface area (TPSA) is 404 Å². The number of halogens is 1. The lowest BCUT2D eigenvalue weighted by atomic mass is 10.1. The Bertz CT molecular complexity index is 2500. The van der Waals surface area contributed by atoms with Gasteiger partial charge < -0.3 is 61.5 Å². The number of rotatable bonds is 12. The van der Waals surface area contributed by atoms with Crippen LogP contribution in [0.25, 0.3) is 22.1 Å². The van der Waals surface area contributed by atoms with Gasteiger partial charge >= 0.3 is 23.3 Å². The van der Waals surface area contributed by atoms with Crippen molar-refractivity contribution in [3.05, 3.63) is 101 Å². The predicted molar refractivity (Wildman–Crippen MR) is 226 cm³/mol. The van der Waals surface area contributed by atoms with Crippen LogP contribution in [0.2, 0.25) is 0 Å². The molecule has 0 aliphatic carbocycles. The van der Waals surface area contributed by atoms with Gasteiger partial charge in [-0.25, -0.2) is 39.1 Å². The molecule has 0 unspecified atom stereocenters. The largest absolute Gasteiger partial charge is 0.492 e. The number of aromatic amines is 4. The molecule has 0 aliphatic rings. The van der Waals surface area contributed by atoms with Crippen molar-refractivity contribution in [1.82, 2.24) is 39.9 Å². The summed E-state index contributed by atoms with van der Waals surface area (Å²) in [6.07, 6.45) is 5.09. The lowest BCUT2D eigenvalue weighted by Crippen LogP contribution is -2.23. The Labute approximate surface area is 350 Å². The number of nitrogens with zero attached hydrogens (tertiary/aromatic N) is 4. The van der Waals surface area contributed by atoms with Gasteiger partial charge in [0.2, 0.25) is 0 Å². The maximum Gasteiger partial charge on any atom is 0.341 e. The first-order valence-electron chi connectivity index (χ1n) is 17.3. The lowest BCUT2D eigenvalue weighted by molar-refractivity contribution is 0.0517. The molecule has 25 heteroatoms. The smallest absolute Gasteiger partial charge is 0.341 e. The quantitative estimate of drug-likeness (QED) is 0.0906. The Morgan fingerprint density at radius 3 is 1.28 bits per heavy atom. The van der Waals surface area contributed by atoms with Gasteiger partial charge in [0.1, 0.15) is 34.0 Å². The fourth-order valence-electron chi connectivity index (χ4n) is 5.26. The van der Waals surface area contributed by atoms with Gasteiger partial charge in [0, 0.05) is 35.6 Å². The van der Waals surface area contributed by atoms with Gasteiger partial charge in [-0.3, -0.25) is 19.6 Å². The number of hydrogen-bond acceptors (Lipinski definition) is 16. The maximum absolute atomic E-state index is 12.4. The van der Waals surface area contributed by atoms with Gasteiger partial charge in [0.25, 0.3) is 11.1 Å². The van der Waals surface area contributed by atoms with E-state index in [1.54, 1.807) is 39.8 Å². The molecular formula is C36H47ClN10O14. The summed E-state index contributed by atoms with van der Waals surface area (Å²) in [5.74, 6) is -0.176. The first kappa shape index (κ1) is 53.8. The minimum Gasteiger partial charge on any atom is -0.492 e. The van der Waals surface area contributed by atoms with Crippen molar-refractivity contribution in [2.24, 2.45) is 0 Å². The van der Waals surface area contributed by atoms with E-state index in [9.17, 15) is 28.8 Å². The molecule has 0 atom stereocenters. The predicted octanol–water partition coefficient (Wildman–Crippen LogP) is 0.391. The summed E-state index contributed by atoms with van der Waals surface area (Å²) >= 11 is 0. The van der Waals surface area contributed by atoms with Crippen molar-refractivity contribution in [3.63, 3.8) is 0 Å². The number of ether oxygens (including phenoxy) is 4. The summed E-state index contributed by atoms with van der Waals surface area (Å²) in [4.78, 5) is 97.9. The summed E-state index contributed by atoms with van der Waals surface area (Å²) in [5, 5.41) is 6.70. The van der Waals surface area contributed by atoms with Crippen molar-refractivity contribution < 1.29 is 50.4 Å². The average molecular weight is 879 g/mol. The molecular weight excluding hydrogens is 832 g/mol. The monoisotopic (exact) mass is 878 g/mol. The standard InChI is InChI=1S/2C18H19N5O5.ClH.4H2O/c2*1-4-27-13-6-10-14(22-12-8-20-18(26)23-16(12)24)11(17(25)28-5-2)7-19-15(10)21-9(13)3;;;;;/h2*6-8H,4-5H2,1-3H3,(H,19,21,22)(H2,20,23,24,26);1H;4*1H2. The highest BCUT2D eigenvalue weighted by atomic mass is 35.5. The molecule has 14 N–H and O–H groups in total. The van der Waals surface area contributed by atoms with Gasteiger partial charge in [0.15, 0.2) is 11.3 Å². The highest BCUT2D eigenvalue weighted by Gasteiger charge is 2.22. The molecule has 0 fully saturated rings. The number of hydrogen-bond donors (Lipinski definition) is 6. The van der Waals surface area contributed by atoms with Crippen LogP contribution in [0.4, 0.5) is 22.7 Å². The van der Waals surface area contributed by atoms with Crippen molar-refractivity contribution in [1.29, 1.82) is 0 Å². The maximum atomic E-state index is 12.4. The van der Waals surface area contributed by atoms with E-state index in [1.165, 1.54) is 24.8 Å². The van der Waals surface area contributed by atoms with Crippen LogP contribution in [0.1, 0.15) is 59.8 Å². The molecule has 6 heterocycles. The SMILES string of the molecule is CCOC(=O)c1cnc2nc(C)c(OCC)cc2c1Nc1c[nH]c(=O)[nH]c1=O.CCOC(=O)c1cnc2nc(C)c(OCC)cc2c1Nc1c[nH]c(=O)[nH]c1=O.Cl.O.O.O.O. The van der Waals surface area contributed by atoms with E-state index in [2.05, 4.69) is 50.5 Å². The Morgan fingerprint density at radius 1 is 0.607 bits per heavy atom. The second-order valence-corrected chi connectivity index (χ2v) is 11.5. The molecule has 24 nitrogen and oxygen atoms in total. The molecule has 0 bridgehead atoms. The zero-order valence-electron chi connectivity index (χ0n) is 33.6. The minimum absolute atomic E-state index is 0. The molecule has 0 amide bonds. The van der Waals surface area contributed by atoms with Crippen LogP contribution in [0.15, 0.2) is 56.1 Å². The van der Waals surface area contributed by atoms with Gasteiger partial charge in [-0.2, -0.15) is 0 Å². The van der Waals surface area contributed by atoms with E-state index in [0.717, 1.165) is 0 Å². The van der Waals surface area contributed by atoms with Crippen molar-refractivity contribution in [2.45, 2.75) is 41.5 Å². The van der Waals surface area contributed by atoms with Crippen molar-refractivity contribution >= 4 is 69.2 Å². The highest BCUT2D eigenvalue weighted by molar-refractivity contribution is 6.06. The second kappa shape index (κ2) is 24.0. The van der Waals surface area contributed by atoms with Crippen LogP contribution in [-0.2, 0) is 9.47 Å². The van der Waals surface area contributed by atoms with Crippen LogP contribution >= 0.6 is 12.4 Å².